The number of carbonyl (C=O) groups excluding carboxylic acids is 4. The van der Waals surface area contributed by atoms with Crippen LogP contribution in [0.4, 0.5) is 4.79 Å². The van der Waals surface area contributed by atoms with Crippen LogP contribution in [0.1, 0.15) is 38.7 Å². The second kappa shape index (κ2) is 10.8. The lowest BCUT2D eigenvalue weighted by Gasteiger charge is -2.28. The van der Waals surface area contributed by atoms with E-state index in [2.05, 4.69) is 10.6 Å². The molecule has 0 saturated carbocycles. The molecule has 2 N–H and O–H groups in total. The predicted octanol–water partition coefficient (Wildman–Crippen LogP) is 2.33. The zero-order valence-electron chi connectivity index (χ0n) is 18.4. The summed E-state index contributed by atoms with van der Waals surface area (Å²) in [6, 6.07) is 5.81. The van der Waals surface area contributed by atoms with Gasteiger partial charge in [0, 0.05) is 23.9 Å². The van der Waals surface area contributed by atoms with E-state index < -0.39 is 30.2 Å². The highest BCUT2D eigenvalue weighted by molar-refractivity contribution is 6.30. The van der Waals surface area contributed by atoms with Crippen molar-refractivity contribution in [3.8, 4) is 0 Å². The molecule has 0 aromatic heterocycles. The Balaban J connectivity index is 1.66. The van der Waals surface area contributed by atoms with E-state index in [0.717, 1.165) is 5.56 Å². The molecule has 0 radical (unpaired) electrons. The topological polar surface area (TPSA) is 105 Å². The monoisotopic (exact) mass is 463 g/mol. The van der Waals surface area contributed by atoms with Gasteiger partial charge in [0.15, 0.2) is 0 Å². The Labute approximate surface area is 193 Å². The van der Waals surface area contributed by atoms with Crippen molar-refractivity contribution in [1.82, 2.24) is 15.5 Å². The highest BCUT2D eigenvalue weighted by Gasteiger charge is 2.40. The maximum atomic E-state index is 13.1. The minimum atomic E-state index is -0.785. The highest BCUT2D eigenvalue weighted by Crippen LogP contribution is 2.23. The molecule has 0 bridgehead atoms. The molecule has 3 rings (SSSR count). The van der Waals surface area contributed by atoms with E-state index in [1.165, 1.54) is 4.90 Å². The number of cyclic esters (lactones) is 1. The number of nitrogens with zero attached hydrogens (tertiary/aromatic N) is 1. The molecule has 0 spiro atoms. The van der Waals surface area contributed by atoms with Crippen LogP contribution in [0.15, 0.2) is 24.3 Å². The van der Waals surface area contributed by atoms with Crippen molar-refractivity contribution < 1.29 is 23.9 Å². The summed E-state index contributed by atoms with van der Waals surface area (Å²) in [6.45, 7) is 4.77. The Morgan fingerprint density at radius 2 is 2.16 bits per heavy atom. The van der Waals surface area contributed by atoms with Gasteiger partial charge in [-0.05, 0) is 42.9 Å². The predicted molar refractivity (Wildman–Crippen MR) is 119 cm³/mol. The molecule has 1 aromatic carbocycles. The van der Waals surface area contributed by atoms with Crippen LogP contribution in [-0.4, -0.2) is 60.4 Å². The second-order valence-corrected chi connectivity index (χ2v) is 9.34. The standard InChI is InChI=1S/C23H30ClN3O5/c1-14(2)8-20(22(30)26-18(13-28)11-16-6-7-25-21(16)29)27-12-19(32-23(27)31)10-15-4-3-5-17(24)9-15/h3-5,9,13-14,16,18-20H,6-8,10-12H2,1-2H3,(H,25,29)(H,26,30). The van der Waals surface area contributed by atoms with Gasteiger partial charge in [-0.15, -0.1) is 0 Å². The molecule has 2 saturated heterocycles. The number of amides is 3. The van der Waals surface area contributed by atoms with E-state index in [9.17, 15) is 19.2 Å². The molecule has 32 heavy (non-hydrogen) atoms. The van der Waals surface area contributed by atoms with E-state index in [1.807, 2.05) is 32.0 Å². The Hall–Kier alpha value is -2.61. The smallest absolute Gasteiger partial charge is 0.410 e. The summed E-state index contributed by atoms with van der Waals surface area (Å²) in [5.41, 5.74) is 0.942. The third-order valence-corrected chi connectivity index (χ3v) is 6.06. The summed E-state index contributed by atoms with van der Waals surface area (Å²) in [6.07, 6.45) is 1.52. The Kier molecular flexibility index (Phi) is 8.12. The number of hydrogen-bond acceptors (Lipinski definition) is 5. The van der Waals surface area contributed by atoms with Gasteiger partial charge in [-0.3, -0.25) is 14.5 Å². The molecule has 174 valence electrons. The normalized spacial score (nSPS) is 22.4. The molecule has 4 unspecified atom stereocenters. The van der Waals surface area contributed by atoms with Gasteiger partial charge >= 0.3 is 6.09 Å². The lowest BCUT2D eigenvalue weighted by Crippen LogP contribution is -2.51. The van der Waals surface area contributed by atoms with Crippen molar-refractivity contribution in [1.29, 1.82) is 0 Å². The minimum absolute atomic E-state index is 0.100. The van der Waals surface area contributed by atoms with Crippen molar-refractivity contribution in [3.63, 3.8) is 0 Å². The third-order valence-electron chi connectivity index (χ3n) is 5.82. The summed E-state index contributed by atoms with van der Waals surface area (Å²) in [5.74, 6) is -0.667. The number of benzene rings is 1. The van der Waals surface area contributed by atoms with Crippen LogP contribution in [0.2, 0.25) is 5.02 Å². The van der Waals surface area contributed by atoms with Crippen molar-refractivity contribution in [2.24, 2.45) is 11.8 Å². The van der Waals surface area contributed by atoms with Crippen molar-refractivity contribution >= 4 is 35.8 Å². The molecule has 8 nitrogen and oxygen atoms in total. The average Bonchev–Trinajstić information content (AvgIpc) is 3.30. The van der Waals surface area contributed by atoms with Gasteiger partial charge in [0.05, 0.1) is 12.6 Å². The van der Waals surface area contributed by atoms with Gasteiger partial charge in [-0.2, -0.15) is 0 Å². The molecular formula is C23H30ClN3O5. The quantitative estimate of drug-likeness (QED) is 0.518. The first-order valence-electron chi connectivity index (χ1n) is 11.0. The van der Waals surface area contributed by atoms with Gasteiger partial charge in [0.25, 0.3) is 0 Å². The molecule has 2 heterocycles. The molecule has 4 atom stereocenters. The van der Waals surface area contributed by atoms with Gasteiger partial charge in [-0.25, -0.2) is 4.79 Å². The van der Waals surface area contributed by atoms with Crippen molar-refractivity contribution in [2.45, 2.75) is 57.7 Å². The fourth-order valence-electron chi connectivity index (χ4n) is 4.26. The Morgan fingerprint density at radius 3 is 2.78 bits per heavy atom. The number of aldehydes is 1. The number of carbonyl (C=O) groups is 4. The summed E-state index contributed by atoms with van der Waals surface area (Å²) < 4.78 is 5.52. The van der Waals surface area contributed by atoms with Crippen LogP contribution < -0.4 is 10.6 Å². The fraction of sp³-hybridized carbons (Fsp3) is 0.565. The maximum absolute atomic E-state index is 13.1. The van der Waals surface area contributed by atoms with E-state index in [-0.39, 0.29) is 30.7 Å². The zero-order chi connectivity index (χ0) is 23.3. The van der Waals surface area contributed by atoms with Gasteiger partial charge in [-0.1, -0.05) is 37.6 Å². The molecule has 2 fully saturated rings. The van der Waals surface area contributed by atoms with E-state index in [4.69, 9.17) is 16.3 Å². The number of hydrogen-bond donors (Lipinski definition) is 2. The highest BCUT2D eigenvalue weighted by atomic mass is 35.5. The van der Waals surface area contributed by atoms with Crippen LogP contribution >= 0.6 is 11.6 Å². The van der Waals surface area contributed by atoms with Gasteiger partial charge in [0.1, 0.15) is 18.4 Å². The molecule has 2 aliphatic rings. The second-order valence-electron chi connectivity index (χ2n) is 8.90. The van der Waals surface area contributed by atoms with Crippen LogP contribution in [0.25, 0.3) is 0 Å². The zero-order valence-corrected chi connectivity index (χ0v) is 19.1. The Bertz CT molecular complexity index is 862. The van der Waals surface area contributed by atoms with Gasteiger partial charge < -0.3 is 20.2 Å². The van der Waals surface area contributed by atoms with Crippen molar-refractivity contribution in [3.05, 3.63) is 34.9 Å². The van der Waals surface area contributed by atoms with E-state index in [0.29, 0.717) is 37.1 Å². The van der Waals surface area contributed by atoms with Gasteiger partial charge in [0.2, 0.25) is 11.8 Å². The number of nitrogens with one attached hydrogen (secondary N) is 2. The third kappa shape index (κ3) is 6.22. The molecule has 0 aliphatic carbocycles. The van der Waals surface area contributed by atoms with Crippen LogP contribution in [0.3, 0.4) is 0 Å². The summed E-state index contributed by atoms with van der Waals surface area (Å²) >= 11 is 6.04. The Morgan fingerprint density at radius 1 is 1.38 bits per heavy atom. The lowest BCUT2D eigenvalue weighted by atomic mass is 9.97. The molecule has 2 aliphatic heterocycles. The maximum Gasteiger partial charge on any atom is 0.410 e. The number of rotatable bonds is 10. The first-order valence-corrected chi connectivity index (χ1v) is 11.4. The lowest BCUT2D eigenvalue weighted by molar-refractivity contribution is -0.129. The summed E-state index contributed by atoms with van der Waals surface area (Å²) in [7, 11) is 0. The summed E-state index contributed by atoms with van der Waals surface area (Å²) in [4.78, 5) is 50.6. The molecule has 3 amide bonds. The molecule has 9 heteroatoms. The summed E-state index contributed by atoms with van der Waals surface area (Å²) in [5, 5.41) is 6.08. The van der Waals surface area contributed by atoms with Crippen molar-refractivity contribution in [2.75, 3.05) is 13.1 Å². The number of halogens is 1. The first kappa shape index (κ1) is 24.0. The fourth-order valence-corrected chi connectivity index (χ4v) is 4.47. The minimum Gasteiger partial charge on any atom is -0.444 e. The van der Waals surface area contributed by atoms with E-state index >= 15 is 0 Å². The number of ether oxygens (including phenoxy) is 1. The largest absolute Gasteiger partial charge is 0.444 e. The van der Waals surface area contributed by atoms with E-state index in [1.54, 1.807) is 6.07 Å². The van der Waals surface area contributed by atoms with Crippen LogP contribution in [0.5, 0.6) is 0 Å². The molecular weight excluding hydrogens is 434 g/mol. The first-order chi connectivity index (χ1) is 15.3. The average molecular weight is 464 g/mol. The van der Waals surface area contributed by atoms with Crippen LogP contribution in [-0.2, 0) is 25.5 Å². The SMILES string of the molecule is CC(C)CC(C(=O)NC(C=O)CC1CCNC1=O)N1CC(Cc2cccc(Cl)c2)OC1=O. The molecule has 1 aromatic rings. The van der Waals surface area contributed by atoms with Crippen LogP contribution in [0, 0.1) is 11.8 Å².